The van der Waals surface area contributed by atoms with Crippen LogP contribution in [0.4, 0.5) is 17.6 Å². The molecule has 1 amide bonds. The molecule has 0 bridgehead atoms. The van der Waals surface area contributed by atoms with Crippen molar-refractivity contribution in [3.8, 4) is 11.1 Å². The largest absolute Gasteiger partial charge is 0.423 e. The van der Waals surface area contributed by atoms with E-state index in [2.05, 4.69) is 21.7 Å². The number of carbonyl (C=O) groups is 1. The van der Waals surface area contributed by atoms with Gasteiger partial charge < -0.3 is 9.67 Å². The summed E-state index contributed by atoms with van der Waals surface area (Å²) in [5.41, 5.74) is -1.08. The van der Waals surface area contributed by atoms with E-state index in [4.69, 9.17) is 0 Å². The number of rotatable bonds is 6. The number of hydrogen-bond donors (Lipinski definition) is 1. The Balaban J connectivity index is 1.75. The molecule has 4 rings (SSSR count). The molecule has 0 saturated heterocycles. The maximum Gasteiger partial charge on any atom is 0.423 e. The highest BCUT2D eigenvalue weighted by Gasteiger charge is 2.55. The molecule has 0 radical (unpaired) electrons. The van der Waals surface area contributed by atoms with Crippen molar-refractivity contribution in [1.29, 1.82) is 0 Å². The Kier molecular flexibility index (Phi) is 6.25. The Bertz CT molecular complexity index is 1410. The van der Waals surface area contributed by atoms with E-state index in [1.807, 2.05) is 0 Å². The molecule has 0 aliphatic rings. The van der Waals surface area contributed by atoms with Crippen LogP contribution in [0.1, 0.15) is 35.1 Å². The fraction of sp³-hybridized carbons (Fsp3) is 0.200. The molecular weight excluding hydrogens is 464 g/mol. The highest BCUT2D eigenvalue weighted by molar-refractivity contribution is 6.02. The van der Waals surface area contributed by atoms with E-state index >= 15 is 0 Å². The Morgan fingerprint density at radius 3 is 2.49 bits per heavy atom. The quantitative estimate of drug-likeness (QED) is 0.298. The molecular formula is C25H20F4N4O2. The molecule has 2 aromatic heterocycles. The van der Waals surface area contributed by atoms with Crippen LogP contribution in [0.15, 0.2) is 66.0 Å². The Hall–Kier alpha value is -3.92. The lowest BCUT2D eigenvalue weighted by Crippen LogP contribution is -2.42. The molecule has 6 nitrogen and oxygen atoms in total. The summed E-state index contributed by atoms with van der Waals surface area (Å²) in [4.78, 5) is 23.8. The molecule has 0 aliphatic carbocycles. The lowest BCUT2D eigenvalue weighted by atomic mass is 9.96. The van der Waals surface area contributed by atoms with Gasteiger partial charge in [0.05, 0.1) is 17.5 Å². The molecule has 1 N–H and O–H groups in total. The molecule has 10 heteroatoms. The summed E-state index contributed by atoms with van der Waals surface area (Å²) in [6.45, 7) is 4.63. The first-order valence-corrected chi connectivity index (χ1v) is 10.6. The van der Waals surface area contributed by atoms with Crippen molar-refractivity contribution in [2.24, 2.45) is 4.99 Å². The molecule has 4 aromatic rings. The second-order valence-corrected chi connectivity index (χ2v) is 8.02. The van der Waals surface area contributed by atoms with Crippen LogP contribution >= 0.6 is 0 Å². The van der Waals surface area contributed by atoms with E-state index in [9.17, 15) is 27.5 Å². The number of aromatic nitrogens is 3. The topological polar surface area (TPSA) is 80.4 Å². The number of nitrogens with zero attached hydrogens (tertiary/aromatic N) is 4. The number of imidazole rings is 1. The van der Waals surface area contributed by atoms with Crippen LogP contribution in [0.5, 0.6) is 0 Å². The van der Waals surface area contributed by atoms with Crippen molar-refractivity contribution in [2.75, 3.05) is 0 Å². The molecule has 0 unspecified atom stereocenters. The van der Waals surface area contributed by atoms with Crippen LogP contribution in [-0.4, -0.2) is 38.4 Å². The van der Waals surface area contributed by atoms with Crippen LogP contribution < -0.4 is 0 Å². The average molecular weight is 484 g/mol. The molecule has 180 valence electrons. The molecule has 0 spiro atoms. The number of fused-ring (bicyclic) bond motifs is 1. The number of aliphatic hydroxyl groups is 1. The number of benzene rings is 2. The maximum atomic E-state index is 13.4. The van der Waals surface area contributed by atoms with E-state index in [-0.39, 0.29) is 12.2 Å². The fourth-order valence-electron chi connectivity index (χ4n) is 3.83. The van der Waals surface area contributed by atoms with Gasteiger partial charge in [0.25, 0.3) is 5.91 Å². The third kappa shape index (κ3) is 4.57. The van der Waals surface area contributed by atoms with Crippen LogP contribution in [0, 0.1) is 5.82 Å². The molecule has 1 atom stereocenters. The number of aliphatic imine (C=N–C) groups is 1. The predicted molar refractivity (Wildman–Crippen MR) is 123 cm³/mol. The van der Waals surface area contributed by atoms with Gasteiger partial charge in [0.2, 0.25) is 5.60 Å². The number of halogens is 4. The molecule has 0 fully saturated rings. The van der Waals surface area contributed by atoms with Crippen LogP contribution in [0.3, 0.4) is 0 Å². The van der Waals surface area contributed by atoms with Crippen LogP contribution in [-0.2, 0) is 12.1 Å². The van der Waals surface area contributed by atoms with Crippen molar-refractivity contribution >= 4 is 23.5 Å². The molecule has 0 aliphatic heterocycles. The minimum atomic E-state index is -4.87. The first kappa shape index (κ1) is 24.2. The van der Waals surface area contributed by atoms with Gasteiger partial charge in [-0.2, -0.15) is 13.2 Å². The van der Waals surface area contributed by atoms with Crippen molar-refractivity contribution < 1.29 is 27.5 Å². The minimum Gasteiger partial charge on any atom is -0.375 e. The second-order valence-electron chi connectivity index (χ2n) is 8.02. The lowest BCUT2D eigenvalue weighted by Gasteiger charge is -2.27. The summed E-state index contributed by atoms with van der Waals surface area (Å²) < 4.78 is 54.9. The average Bonchev–Trinajstić information content (AvgIpc) is 3.30. The van der Waals surface area contributed by atoms with Crippen molar-refractivity contribution in [2.45, 2.75) is 31.7 Å². The van der Waals surface area contributed by atoms with E-state index in [1.54, 1.807) is 36.4 Å². The molecule has 2 heterocycles. The lowest BCUT2D eigenvalue weighted by molar-refractivity contribution is -0.269. The zero-order chi connectivity index (χ0) is 25.4. The Labute approximate surface area is 197 Å². The zero-order valence-corrected chi connectivity index (χ0v) is 18.6. The summed E-state index contributed by atoms with van der Waals surface area (Å²) in [5.74, 6) is -1.04. The van der Waals surface area contributed by atoms with Gasteiger partial charge in [-0.05, 0) is 54.1 Å². The zero-order valence-electron chi connectivity index (χ0n) is 18.6. The third-order valence-electron chi connectivity index (χ3n) is 5.79. The van der Waals surface area contributed by atoms with Crippen LogP contribution in [0.2, 0.25) is 0 Å². The highest BCUT2D eigenvalue weighted by atomic mass is 19.4. The molecule has 2 aromatic carbocycles. The van der Waals surface area contributed by atoms with E-state index < -0.39 is 35.6 Å². The predicted octanol–water partition coefficient (Wildman–Crippen LogP) is 5.29. The van der Waals surface area contributed by atoms with Crippen LogP contribution in [0.25, 0.3) is 22.0 Å². The maximum absolute atomic E-state index is 13.4. The summed E-state index contributed by atoms with van der Waals surface area (Å²) in [7, 11) is 0. The SMILES string of the molecule is C=NC(=O)c1cc(-c2ccc(F)cc2)c2ccc(Cn3cnc([C@](O)(CC)C(F)(F)F)c3)cc2n1. The number of amides is 1. The van der Waals surface area contributed by atoms with Crippen molar-refractivity contribution in [3.05, 3.63) is 83.8 Å². The van der Waals surface area contributed by atoms with Gasteiger partial charge in [-0.3, -0.25) is 4.79 Å². The first-order valence-electron chi connectivity index (χ1n) is 10.6. The summed E-state index contributed by atoms with van der Waals surface area (Å²) in [6, 6.07) is 12.5. The van der Waals surface area contributed by atoms with Crippen molar-refractivity contribution in [1.82, 2.24) is 14.5 Å². The van der Waals surface area contributed by atoms with E-state index in [1.165, 1.54) is 30.0 Å². The first-order chi connectivity index (χ1) is 16.6. The minimum absolute atomic E-state index is 0.0482. The van der Waals surface area contributed by atoms with Gasteiger partial charge in [-0.15, -0.1) is 0 Å². The van der Waals surface area contributed by atoms with Crippen molar-refractivity contribution in [3.63, 3.8) is 0 Å². The highest BCUT2D eigenvalue weighted by Crippen LogP contribution is 2.40. The molecule has 0 saturated carbocycles. The van der Waals surface area contributed by atoms with Gasteiger partial charge in [0.15, 0.2) is 0 Å². The van der Waals surface area contributed by atoms with Gasteiger partial charge in [-0.1, -0.05) is 31.2 Å². The third-order valence-corrected chi connectivity index (χ3v) is 5.79. The summed E-state index contributed by atoms with van der Waals surface area (Å²) in [6.07, 6.45) is -3.08. The fourth-order valence-corrected chi connectivity index (χ4v) is 3.83. The Morgan fingerprint density at radius 2 is 1.86 bits per heavy atom. The summed E-state index contributed by atoms with van der Waals surface area (Å²) in [5, 5.41) is 10.8. The van der Waals surface area contributed by atoms with Gasteiger partial charge >= 0.3 is 6.18 Å². The van der Waals surface area contributed by atoms with Gasteiger partial charge in [0.1, 0.15) is 11.5 Å². The normalized spacial score (nSPS) is 13.5. The number of carbonyl (C=O) groups excluding carboxylic acids is 1. The standard InChI is InChI=1S/C25H20F4N4O2/c1-3-24(35,25(27,28)29)22-13-33(14-31-22)12-15-4-9-18-19(16-5-7-17(26)8-6-16)11-21(23(34)30-2)32-20(18)10-15/h4-11,13-14,35H,2-3,12H2,1H3/t24-/m1/s1. The molecule has 35 heavy (non-hydrogen) atoms. The second kappa shape index (κ2) is 9.03. The van der Waals surface area contributed by atoms with E-state index in [0.717, 1.165) is 6.20 Å². The Morgan fingerprint density at radius 1 is 1.14 bits per heavy atom. The summed E-state index contributed by atoms with van der Waals surface area (Å²) >= 11 is 0. The number of hydrogen-bond acceptors (Lipinski definition) is 4. The smallest absolute Gasteiger partial charge is 0.375 e. The monoisotopic (exact) mass is 484 g/mol. The number of pyridine rings is 1. The van der Waals surface area contributed by atoms with Gasteiger partial charge in [-0.25, -0.2) is 19.4 Å². The van der Waals surface area contributed by atoms with Gasteiger partial charge in [0, 0.05) is 18.1 Å². The van der Waals surface area contributed by atoms with E-state index in [0.29, 0.717) is 27.6 Å². The number of alkyl halides is 3.